The van der Waals surface area contributed by atoms with E-state index in [2.05, 4.69) is 20.4 Å². The average Bonchev–Trinajstić information content (AvgIpc) is 2.87. The second kappa shape index (κ2) is 4.97. The first-order chi connectivity index (χ1) is 9.63. The molecule has 0 amide bonds. The van der Waals surface area contributed by atoms with E-state index in [1.54, 1.807) is 6.07 Å². The van der Waals surface area contributed by atoms with Crippen LogP contribution in [0.5, 0.6) is 5.75 Å². The highest BCUT2D eigenvalue weighted by molar-refractivity contribution is 6.30. The first kappa shape index (κ1) is 12.7. The topological polar surface area (TPSA) is 89.7 Å². The molecule has 3 N–H and O–H groups in total. The first-order valence-electron chi connectivity index (χ1n) is 5.98. The van der Waals surface area contributed by atoms with Gasteiger partial charge in [-0.25, -0.2) is 4.98 Å². The van der Waals surface area contributed by atoms with Crippen molar-refractivity contribution in [3.63, 3.8) is 0 Å². The Morgan fingerprint density at radius 3 is 3.00 bits per heavy atom. The number of hydrogen-bond donors (Lipinski definition) is 2. The van der Waals surface area contributed by atoms with Gasteiger partial charge in [0.2, 0.25) is 5.65 Å². The van der Waals surface area contributed by atoms with Crippen molar-refractivity contribution >= 4 is 28.6 Å². The number of H-pyrrole nitrogens is 1. The van der Waals surface area contributed by atoms with Crippen LogP contribution in [0.3, 0.4) is 0 Å². The Balaban J connectivity index is 1.90. The molecule has 0 bridgehead atoms. The number of nitrogen functional groups attached to an aromatic ring is 1. The highest BCUT2D eigenvalue weighted by atomic mass is 35.5. The maximum absolute atomic E-state index is 5.99. The molecule has 3 aromatic rings. The smallest absolute Gasteiger partial charge is 0.207 e. The van der Waals surface area contributed by atoms with Gasteiger partial charge in [0, 0.05) is 11.1 Å². The van der Waals surface area contributed by atoms with Crippen molar-refractivity contribution in [3.05, 3.63) is 40.4 Å². The summed E-state index contributed by atoms with van der Waals surface area (Å²) in [4.78, 5) is 4.05. The summed E-state index contributed by atoms with van der Waals surface area (Å²) in [5, 5.41) is 11.1. The Hall–Kier alpha value is -2.34. The van der Waals surface area contributed by atoms with Gasteiger partial charge in [0.15, 0.2) is 11.3 Å². The van der Waals surface area contributed by atoms with Crippen LogP contribution >= 0.6 is 11.6 Å². The summed E-state index contributed by atoms with van der Waals surface area (Å²) >= 11 is 5.99. The molecule has 0 saturated heterocycles. The summed E-state index contributed by atoms with van der Waals surface area (Å²) in [5.41, 5.74) is 8.81. The summed E-state index contributed by atoms with van der Waals surface area (Å²) in [7, 11) is 0. The minimum atomic E-state index is 0.337. The number of rotatable bonds is 3. The molecule has 0 aliphatic heterocycles. The largest absolute Gasteiger partial charge is 0.486 e. The Morgan fingerprint density at radius 2 is 2.15 bits per heavy atom. The molecule has 3 rings (SSSR count). The summed E-state index contributed by atoms with van der Waals surface area (Å²) in [6, 6.07) is 7.31. The number of aryl methyl sites for hydroxylation is 1. The molecule has 0 aliphatic rings. The highest BCUT2D eigenvalue weighted by Crippen LogP contribution is 2.25. The van der Waals surface area contributed by atoms with Crippen molar-refractivity contribution in [2.45, 2.75) is 13.5 Å². The van der Waals surface area contributed by atoms with Crippen molar-refractivity contribution in [3.8, 4) is 5.75 Å². The fraction of sp³-hybridized carbons (Fsp3) is 0.154. The average molecular weight is 290 g/mol. The summed E-state index contributed by atoms with van der Waals surface area (Å²) in [6.45, 7) is 2.37. The number of halogens is 1. The fourth-order valence-corrected chi connectivity index (χ4v) is 2.08. The Morgan fingerprint density at radius 1 is 1.30 bits per heavy atom. The molecule has 0 fully saturated rings. The lowest BCUT2D eigenvalue weighted by molar-refractivity contribution is 0.308. The lowest BCUT2D eigenvalue weighted by Crippen LogP contribution is -2.00. The van der Waals surface area contributed by atoms with E-state index < -0.39 is 0 Å². The number of nitrogens with one attached hydrogen (secondary N) is 1. The minimum Gasteiger partial charge on any atom is -0.486 e. The van der Waals surface area contributed by atoms with Crippen molar-refractivity contribution in [2.75, 3.05) is 5.73 Å². The van der Waals surface area contributed by atoms with Crippen LogP contribution in [0.1, 0.15) is 11.1 Å². The summed E-state index contributed by atoms with van der Waals surface area (Å²) in [6.07, 6.45) is 0. The van der Waals surface area contributed by atoms with Crippen molar-refractivity contribution in [1.29, 1.82) is 0 Å². The van der Waals surface area contributed by atoms with E-state index in [1.165, 1.54) is 0 Å². The molecule has 0 radical (unpaired) electrons. The zero-order chi connectivity index (χ0) is 14.1. The molecule has 0 unspecified atom stereocenters. The predicted octanol–water partition coefficient (Wildman–Crippen LogP) is 2.48. The number of nitrogens with zero attached hydrogens (tertiary/aromatic N) is 3. The van der Waals surface area contributed by atoms with E-state index in [0.29, 0.717) is 34.4 Å². The number of fused-ring (bicyclic) bond motifs is 1. The zero-order valence-electron chi connectivity index (χ0n) is 10.7. The SMILES string of the molecule is Cc1ccc(Cl)cc1COc1cc(N)nc2n[nH]nc12. The number of benzene rings is 1. The van der Waals surface area contributed by atoms with E-state index in [4.69, 9.17) is 22.1 Å². The fourth-order valence-electron chi connectivity index (χ4n) is 1.89. The number of aromatic amines is 1. The summed E-state index contributed by atoms with van der Waals surface area (Å²) < 4.78 is 5.78. The van der Waals surface area contributed by atoms with E-state index >= 15 is 0 Å². The third-order valence-electron chi connectivity index (χ3n) is 2.97. The van der Waals surface area contributed by atoms with Crippen LogP contribution in [0.25, 0.3) is 11.2 Å². The maximum atomic E-state index is 5.99. The minimum absolute atomic E-state index is 0.337. The lowest BCUT2D eigenvalue weighted by atomic mass is 10.1. The van der Waals surface area contributed by atoms with Gasteiger partial charge in [-0.3, -0.25) is 0 Å². The van der Waals surface area contributed by atoms with Gasteiger partial charge in [-0.2, -0.15) is 10.3 Å². The van der Waals surface area contributed by atoms with Gasteiger partial charge in [0.1, 0.15) is 12.4 Å². The van der Waals surface area contributed by atoms with Crippen molar-refractivity contribution in [1.82, 2.24) is 20.4 Å². The number of anilines is 1. The number of nitrogens with two attached hydrogens (primary N) is 1. The van der Waals surface area contributed by atoms with Crippen LogP contribution in [0, 0.1) is 6.92 Å². The quantitative estimate of drug-likeness (QED) is 0.773. The van der Waals surface area contributed by atoms with Gasteiger partial charge in [0.25, 0.3) is 0 Å². The highest BCUT2D eigenvalue weighted by Gasteiger charge is 2.10. The van der Waals surface area contributed by atoms with Crippen LogP contribution in [-0.2, 0) is 6.61 Å². The second-order valence-electron chi connectivity index (χ2n) is 4.40. The molecule has 0 saturated carbocycles. The maximum Gasteiger partial charge on any atom is 0.207 e. The molecule has 20 heavy (non-hydrogen) atoms. The standard InChI is InChI=1S/C13H12ClN5O/c1-7-2-3-9(14)4-8(7)6-20-10-5-11(15)16-13-12(10)17-19-18-13/h2-5H,6H2,1H3,(H3,15,16,17,18,19). The van der Waals surface area contributed by atoms with E-state index in [1.807, 2.05) is 25.1 Å². The third-order valence-corrected chi connectivity index (χ3v) is 3.21. The Kier molecular flexibility index (Phi) is 3.15. The Bertz CT molecular complexity index is 771. The van der Waals surface area contributed by atoms with Crippen LogP contribution in [0.2, 0.25) is 5.02 Å². The van der Waals surface area contributed by atoms with Gasteiger partial charge in [0.05, 0.1) is 0 Å². The van der Waals surface area contributed by atoms with Gasteiger partial charge >= 0.3 is 0 Å². The second-order valence-corrected chi connectivity index (χ2v) is 4.84. The number of hydrogen-bond acceptors (Lipinski definition) is 5. The van der Waals surface area contributed by atoms with Crippen molar-refractivity contribution < 1.29 is 4.74 Å². The molecule has 0 spiro atoms. The molecular formula is C13H12ClN5O. The molecule has 7 heteroatoms. The lowest BCUT2D eigenvalue weighted by Gasteiger charge is -2.09. The zero-order valence-corrected chi connectivity index (χ0v) is 11.5. The Labute approximate surface area is 119 Å². The monoisotopic (exact) mass is 289 g/mol. The molecule has 0 atom stereocenters. The van der Waals surface area contributed by atoms with Crippen LogP contribution < -0.4 is 10.5 Å². The normalized spacial score (nSPS) is 10.9. The van der Waals surface area contributed by atoms with E-state index in [0.717, 1.165) is 11.1 Å². The van der Waals surface area contributed by atoms with Crippen molar-refractivity contribution in [2.24, 2.45) is 0 Å². The predicted molar refractivity (Wildman–Crippen MR) is 76.6 cm³/mol. The molecule has 2 heterocycles. The van der Waals surface area contributed by atoms with Gasteiger partial charge < -0.3 is 10.5 Å². The molecule has 1 aromatic carbocycles. The van der Waals surface area contributed by atoms with Gasteiger partial charge in [-0.05, 0) is 30.2 Å². The molecular weight excluding hydrogens is 278 g/mol. The molecule has 6 nitrogen and oxygen atoms in total. The summed E-state index contributed by atoms with van der Waals surface area (Å²) in [5.74, 6) is 0.879. The molecule has 0 aliphatic carbocycles. The molecule has 2 aromatic heterocycles. The van der Waals surface area contributed by atoms with Crippen LogP contribution in [0.4, 0.5) is 5.82 Å². The third kappa shape index (κ3) is 2.37. The van der Waals surface area contributed by atoms with E-state index in [-0.39, 0.29) is 0 Å². The number of aromatic nitrogens is 4. The van der Waals surface area contributed by atoms with E-state index in [9.17, 15) is 0 Å². The van der Waals surface area contributed by atoms with Gasteiger partial charge in [-0.15, -0.1) is 5.10 Å². The van der Waals surface area contributed by atoms with Gasteiger partial charge in [-0.1, -0.05) is 17.7 Å². The van der Waals surface area contributed by atoms with Crippen LogP contribution in [-0.4, -0.2) is 20.4 Å². The number of ether oxygens (including phenoxy) is 1. The van der Waals surface area contributed by atoms with Crippen LogP contribution in [0.15, 0.2) is 24.3 Å². The molecule has 102 valence electrons. The number of pyridine rings is 1. The first-order valence-corrected chi connectivity index (χ1v) is 6.36.